The molecular formula is C29H33N3O5S. The van der Waals surface area contributed by atoms with Crippen LogP contribution in [0.2, 0.25) is 0 Å². The topological polar surface area (TPSA) is 105 Å². The molecule has 0 saturated carbocycles. The lowest BCUT2D eigenvalue weighted by atomic mass is 9.97. The highest BCUT2D eigenvalue weighted by atomic mass is 32.1. The quantitative estimate of drug-likeness (QED) is 0.368. The van der Waals surface area contributed by atoms with Gasteiger partial charge in [-0.25, -0.2) is 4.79 Å². The van der Waals surface area contributed by atoms with Gasteiger partial charge in [-0.15, -0.1) is 11.3 Å². The predicted molar refractivity (Wildman–Crippen MR) is 148 cm³/mol. The lowest BCUT2D eigenvalue weighted by Gasteiger charge is -2.34. The van der Waals surface area contributed by atoms with Gasteiger partial charge in [0.1, 0.15) is 6.04 Å². The van der Waals surface area contributed by atoms with Gasteiger partial charge in [0, 0.05) is 11.2 Å². The van der Waals surface area contributed by atoms with Gasteiger partial charge >= 0.3 is 5.97 Å². The summed E-state index contributed by atoms with van der Waals surface area (Å²) in [5, 5.41) is 7.50. The molecule has 0 spiro atoms. The Kier molecular flexibility index (Phi) is 9.41. The van der Waals surface area contributed by atoms with Crippen molar-refractivity contribution in [2.75, 3.05) is 18.6 Å². The number of amides is 3. The van der Waals surface area contributed by atoms with E-state index in [4.69, 9.17) is 4.74 Å². The zero-order valence-corrected chi connectivity index (χ0v) is 23.1. The summed E-state index contributed by atoms with van der Waals surface area (Å²) in [5.74, 6) is -1.75. The fourth-order valence-electron chi connectivity index (χ4n) is 3.71. The number of methoxy groups -OCH3 is 1. The highest BCUT2D eigenvalue weighted by molar-refractivity contribution is 7.12. The minimum Gasteiger partial charge on any atom is -0.465 e. The Hall–Kier alpha value is -3.98. The number of carbonyl (C=O) groups is 4. The molecule has 0 unspecified atom stereocenters. The Morgan fingerprint density at radius 3 is 2.21 bits per heavy atom. The summed E-state index contributed by atoms with van der Waals surface area (Å²) in [6, 6.07) is 16.0. The Morgan fingerprint density at radius 2 is 1.66 bits per heavy atom. The number of thiophene rings is 1. The number of ether oxygens (including phenoxy) is 1. The molecular weight excluding hydrogens is 502 g/mol. The van der Waals surface area contributed by atoms with Crippen LogP contribution in [0.4, 0.5) is 5.69 Å². The van der Waals surface area contributed by atoms with E-state index in [0.717, 1.165) is 5.56 Å². The Morgan fingerprint density at radius 1 is 1.00 bits per heavy atom. The lowest BCUT2D eigenvalue weighted by molar-refractivity contribution is -0.127. The van der Waals surface area contributed by atoms with E-state index >= 15 is 0 Å². The van der Waals surface area contributed by atoms with E-state index in [-0.39, 0.29) is 18.4 Å². The molecule has 0 aliphatic heterocycles. The number of nitrogens with zero attached hydrogens (tertiary/aromatic N) is 1. The maximum atomic E-state index is 13.8. The van der Waals surface area contributed by atoms with Gasteiger partial charge in [0.25, 0.3) is 5.91 Å². The van der Waals surface area contributed by atoms with E-state index in [9.17, 15) is 19.2 Å². The molecule has 0 fully saturated rings. The Balaban J connectivity index is 2.05. The zero-order valence-electron chi connectivity index (χ0n) is 22.2. The van der Waals surface area contributed by atoms with Crippen molar-refractivity contribution in [3.05, 3.63) is 87.6 Å². The summed E-state index contributed by atoms with van der Waals surface area (Å²) in [7, 11) is 1.29. The summed E-state index contributed by atoms with van der Waals surface area (Å²) in [6.45, 7) is 7.40. The first-order valence-corrected chi connectivity index (χ1v) is 13.1. The van der Waals surface area contributed by atoms with Gasteiger partial charge in [-0.1, -0.05) is 42.8 Å². The van der Waals surface area contributed by atoms with Crippen LogP contribution in [0.15, 0.2) is 66.0 Å². The van der Waals surface area contributed by atoms with Crippen molar-refractivity contribution in [1.29, 1.82) is 0 Å². The number of anilines is 1. The summed E-state index contributed by atoms with van der Waals surface area (Å²) < 4.78 is 4.79. The first-order chi connectivity index (χ1) is 18.1. The number of hydrogen-bond donors (Lipinski definition) is 2. The average Bonchev–Trinajstić information content (AvgIpc) is 3.45. The SMILES string of the molecule is CCC(C)(C)NC(=O)[C@@H](c1ccc(C)cc1)N(C(=O)CNC(=O)c1cccs1)c1ccc(C(=O)OC)cc1. The molecule has 9 heteroatoms. The predicted octanol–water partition coefficient (Wildman–Crippen LogP) is 4.65. The molecule has 1 aromatic heterocycles. The van der Waals surface area contributed by atoms with Crippen LogP contribution in [0.25, 0.3) is 0 Å². The minimum absolute atomic E-state index is 0.304. The standard InChI is InChI=1S/C29H33N3O5S/c1-6-29(3,4)31-27(35)25(20-11-9-19(2)10-12-20)32(22-15-13-21(14-16-22)28(36)37-5)24(33)18-30-26(34)23-8-7-17-38-23/h7-17,25H,6,18H2,1-5H3,(H,30,34)(H,31,35)/t25-/m1/s1. The molecule has 0 radical (unpaired) electrons. The molecule has 1 atom stereocenters. The lowest BCUT2D eigenvalue weighted by Crippen LogP contribution is -2.52. The van der Waals surface area contributed by atoms with Crippen molar-refractivity contribution in [1.82, 2.24) is 10.6 Å². The molecule has 1 heterocycles. The molecule has 3 rings (SSSR count). The van der Waals surface area contributed by atoms with Gasteiger partial charge in [-0.2, -0.15) is 0 Å². The average molecular weight is 536 g/mol. The van der Waals surface area contributed by atoms with Crippen LogP contribution >= 0.6 is 11.3 Å². The smallest absolute Gasteiger partial charge is 0.337 e. The Labute approximate surface area is 227 Å². The van der Waals surface area contributed by atoms with Gasteiger partial charge < -0.3 is 15.4 Å². The van der Waals surface area contributed by atoms with Crippen LogP contribution in [0.5, 0.6) is 0 Å². The van der Waals surface area contributed by atoms with E-state index < -0.39 is 23.5 Å². The third kappa shape index (κ3) is 7.07. The maximum Gasteiger partial charge on any atom is 0.337 e. The fourth-order valence-corrected chi connectivity index (χ4v) is 4.35. The summed E-state index contributed by atoms with van der Waals surface area (Å²) in [6.07, 6.45) is 0.679. The van der Waals surface area contributed by atoms with Crippen molar-refractivity contribution < 1.29 is 23.9 Å². The molecule has 200 valence electrons. The molecule has 3 amide bonds. The number of esters is 1. The first-order valence-electron chi connectivity index (χ1n) is 12.3. The summed E-state index contributed by atoms with van der Waals surface area (Å²) in [4.78, 5) is 53.9. The van der Waals surface area contributed by atoms with Gasteiger partial charge in [0.05, 0.1) is 24.1 Å². The van der Waals surface area contributed by atoms with Crippen LogP contribution < -0.4 is 15.5 Å². The summed E-state index contributed by atoms with van der Waals surface area (Å²) >= 11 is 1.27. The van der Waals surface area contributed by atoms with Crippen molar-refractivity contribution in [2.24, 2.45) is 0 Å². The summed E-state index contributed by atoms with van der Waals surface area (Å²) in [5.41, 5.74) is 1.79. The van der Waals surface area contributed by atoms with E-state index in [2.05, 4.69) is 10.6 Å². The molecule has 0 bridgehead atoms. The number of nitrogens with one attached hydrogen (secondary N) is 2. The second-order valence-electron chi connectivity index (χ2n) is 9.50. The van der Waals surface area contributed by atoms with Gasteiger partial charge in [-0.3, -0.25) is 19.3 Å². The molecule has 0 saturated heterocycles. The number of carbonyl (C=O) groups excluding carboxylic acids is 4. The molecule has 2 N–H and O–H groups in total. The van der Waals surface area contributed by atoms with E-state index in [1.54, 1.807) is 29.6 Å². The van der Waals surface area contributed by atoms with Crippen molar-refractivity contribution in [3.8, 4) is 0 Å². The molecule has 38 heavy (non-hydrogen) atoms. The monoisotopic (exact) mass is 535 g/mol. The second kappa shape index (κ2) is 12.5. The van der Waals surface area contributed by atoms with Crippen molar-refractivity contribution >= 4 is 40.7 Å². The minimum atomic E-state index is -1.03. The molecule has 2 aromatic carbocycles. The number of benzene rings is 2. The van der Waals surface area contributed by atoms with Crippen LogP contribution in [0.1, 0.15) is 64.4 Å². The van der Waals surface area contributed by atoms with Gasteiger partial charge in [0.15, 0.2) is 0 Å². The van der Waals surface area contributed by atoms with E-state index in [1.807, 2.05) is 52.0 Å². The normalized spacial score (nSPS) is 11.8. The number of hydrogen-bond acceptors (Lipinski definition) is 6. The van der Waals surface area contributed by atoms with E-state index in [0.29, 0.717) is 28.1 Å². The van der Waals surface area contributed by atoms with Crippen LogP contribution in [-0.4, -0.2) is 42.9 Å². The van der Waals surface area contributed by atoms with Crippen molar-refractivity contribution in [2.45, 2.75) is 45.7 Å². The molecule has 0 aliphatic carbocycles. The second-order valence-corrected chi connectivity index (χ2v) is 10.4. The third-order valence-corrected chi connectivity index (χ3v) is 7.09. The fraction of sp³-hybridized carbons (Fsp3) is 0.310. The van der Waals surface area contributed by atoms with Crippen LogP contribution in [0, 0.1) is 6.92 Å². The van der Waals surface area contributed by atoms with Crippen LogP contribution in [-0.2, 0) is 14.3 Å². The molecule has 3 aromatic rings. The van der Waals surface area contributed by atoms with Crippen molar-refractivity contribution in [3.63, 3.8) is 0 Å². The third-order valence-electron chi connectivity index (χ3n) is 6.23. The highest BCUT2D eigenvalue weighted by Crippen LogP contribution is 2.30. The van der Waals surface area contributed by atoms with Gasteiger partial charge in [-0.05, 0) is 68.5 Å². The Bertz CT molecular complexity index is 1270. The number of rotatable bonds is 10. The van der Waals surface area contributed by atoms with E-state index in [1.165, 1.54) is 35.5 Å². The first kappa shape index (κ1) is 28.6. The largest absolute Gasteiger partial charge is 0.465 e. The van der Waals surface area contributed by atoms with Crippen LogP contribution in [0.3, 0.4) is 0 Å². The van der Waals surface area contributed by atoms with Gasteiger partial charge in [0.2, 0.25) is 11.8 Å². The number of aryl methyl sites for hydroxylation is 1. The highest BCUT2D eigenvalue weighted by Gasteiger charge is 2.35. The molecule has 0 aliphatic rings. The maximum absolute atomic E-state index is 13.8. The molecule has 8 nitrogen and oxygen atoms in total. The zero-order chi connectivity index (χ0) is 27.9.